The number of aromatic nitrogens is 2. The van der Waals surface area contributed by atoms with Crippen molar-refractivity contribution in [1.29, 1.82) is 0 Å². The van der Waals surface area contributed by atoms with E-state index in [9.17, 15) is 0 Å². The topological polar surface area (TPSA) is 29.0 Å². The van der Waals surface area contributed by atoms with E-state index in [0.29, 0.717) is 0 Å². The summed E-state index contributed by atoms with van der Waals surface area (Å²) in [4.78, 5) is 10.4. The van der Waals surface area contributed by atoms with Crippen LogP contribution < -0.4 is 4.90 Å². The Kier molecular flexibility index (Phi) is 2.86. The van der Waals surface area contributed by atoms with Gasteiger partial charge in [0.05, 0.1) is 0 Å². The quantitative estimate of drug-likeness (QED) is 0.767. The fourth-order valence-corrected chi connectivity index (χ4v) is 1.62. The first-order valence-corrected chi connectivity index (χ1v) is 5.23. The molecule has 2 aromatic heterocycles. The highest BCUT2D eigenvalue weighted by atomic mass is 15.1. The molecule has 0 atom stereocenters. The van der Waals surface area contributed by atoms with Gasteiger partial charge in [-0.3, -0.25) is 4.98 Å². The minimum absolute atomic E-state index is 0.982. The van der Waals surface area contributed by atoms with Crippen molar-refractivity contribution in [2.45, 2.75) is 6.92 Å². The van der Waals surface area contributed by atoms with Gasteiger partial charge in [0.15, 0.2) is 0 Å². The summed E-state index contributed by atoms with van der Waals surface area (Å²) in [6.45, 7) is 2.10. The summed E-state index contributed by atoms with van der Waals surface area (Å²) in [6, 6.07) is 6.09. The molecular weight excluding hydrogens is 198 g/mol. The van der Waals surface area contributed by atoms with Crippen LogP contribution in [0.15, 0.2) is 36.8 Å². The predicted octanol–water partition coefficient (Wildman–Crippen LogP) is 2.52. The van der Waals surface area contributed by atoms with E-state index in [4.69, 9.17) is 0 Å². The monoisotopic (exact) mass is 213 g/mol. The van der Waals surface area contributed by atoms with Crippen LogP contribution in [0, 0.1) is 6.92 Å². The van der Waals surface area contributed by atoms with Crippen LogP contribution >= 0.6 is 0 Å². The van der Waals surface area contributed by atoms with E-state index in [1.165, 1.54) is 5.56 Å². The molecule has 0 radical (unpaired) electrons. The summed E-state index contributed by atoms with van der Waals surface area (Å²) in [5, 5.41) is 0. The Morgan fingerprint density at radius 3 is 2.38 bits per heavy atom. The van der Waals surface area contributed by atoms with Gasteiger partial charge in [-0.2, -0.15) is 0 Å². The molecule has 0 N–H and O–H groups in total. The lowest BCUT2D eigenvalue weighted by Crippen LogP contribution is -2.10. The van der Waals surface area contributed by atoms with E-state index in [0.717, 1.165) is 16.9 Å². The van der Waals surface area contributed by atoms with Crippen molar-refractivity contribution < 1.29 is 0 Å². The maximum atomic E-state index is 4.42. The van der Waals surface area contributed by atoms with E-state index in [1.54, 1.807) is 12.4 Å². The summed E-state index contributed by atoms with van der Waals surface area (Å²) >= 11 is 0. The average molecular weight is 213 g/mol. The minimum Gasteiger partial charge on any atom is -0.363 e. The van der Waals surface area contributed by atoms with E-state index < -0.39 is 0 Å². The molecule has 0 spiro atoms. The van der Waals surface area contributed by atoms with Crippen molar-refractivity contribution in [3.8, 4) is 11.1 Å². The predicted molar refractivity (Wildman–Crippen MR) is 66.5 cm³/mol. The second-order valence-electron chi connectivity index (χ2n) is 3.99. The zero-order valence-electron chi connectivity index (χ0n) is 9.81. The molecule has 2 rings (SSSR count). The first kappa shape index (κ1) is 10.6. The van der Waals surface area contributed by atoms with Gasteiger partial charge in [0, 0.05) is 38.2 Å². The average Bonchev–Trinajstić information content (AvgIpc) is 2.30. The lowest BCUT2D eigenvalue weighted by molar-refractivity contribution is 1.06. The Morgan fingerprint density at radius 1 is 1.12 bits per heavy atom. The van der Waals surface area contributed by atoms with Crippen LogP contribution in [0.5, 0.6) is 0 Å². The largest absolute Gasteiger partial charge is 0.363 e. The van der Waals surface area contributed by atoms with Crippen molar-refractivity contribution in [3.63, 3.8) is 0 Å². The third-order valence-corrected chi connectivity index (χ3v) is 2.55. The summed E-state index contributed by atoms with van der Waals surface area (Å²) in [5.74, 6) is 0.982. The molecule has 82 valence electrons. The molecule has 16 heavy (non-hydrogen) atoms. The van der Waals surface area contributed by atoms with Gasteiger partial charge in [-0.1, -0.05) is 0 Å². The Hall–Kier alpha value is -1.90. The van der Waals surface area contributed by atoms with Crippen LogP contribution in [-0.2, 0) is 0 Å². The molecule has 0 bridgehead atoms. The Labute approximate surface area is 95.8 Å². The molecule has 0 aromatic carbocycles. The Bertz CT molecular complexity index is 478. The summed E-state index contributed by atoms with van der Waals surface area (Å²) in [6.07, 6.45) is 5.52. The van der Waals surface area contributed by atoms with E-state index in [2.05, 4.69) is 23.0 Å². The molecular formula is C13H15N3. The molecule has 2 heterocycles. The zero-order chi connectivity index (χ0) is 11.5. The highest BCUT2D eigenvalue weighted by Crippen LogP contribution is 2.24. The highest BCUT2D eigenvalue weighted by molar-refractivity contribution is 5.67. The zero-order valence-corrected chi connectivity index (χ0v) is 9.81. The maximum Gasteiger partial charge on any atom is 0.128 e. The van der Waals surface area contributed by atoms with Crippen LogP contribution in [0.1, 0.15) is 5.56 Å². The molecule has 0 aliphatic rings. The fourth-order valence-electron chi connectivity index (χ4n) is 1.62. The van der Waals surface area contributed by atoms with Crippen molar-refractivity contribution in [1.82, 2.24) is 9.97 Å². The number of anilines is 1. The number of aryl methyl sites for hydroxylation is 1. The molecule has 3 nitrogen and oxygen atoms in total. The summed E-state index contributed by atoms with van der Waals surface area (Å²) < 4.78 is 0. The van der Waals surface area contributed by atoms with Gasteiger partial charge in [-0.15, -0.1) is 0 Å². The first-order chi connectivity index (χ1) is 7.68. The Morgan fingerprint density at radius 2 is 1.81 bits per heavy atom. The maximum absolute atomic E-state index is 4.42. The standard InChI is InChI=1S/C13H15N3/c1-10-8-13(16(2)3)15-9-12(10)11-4-6-14-7-5-11/h4-9H,1-3H3. The number of rotatable bonds is 2. The summed E-state index contributed by atoms with van der Waals surface area (Å²) in [7, 11) is 3.99. The number of hydrogen-bond acceptors (Lipinski definition) is 3. The molecule has 2 aromatic rings. The van der Waals surface area contributed by atoms with Crippen LogP contribution in [-0.4, -0.2) is 24.1 Å². The van der Waals surface area contributed by atoms with Crippen molar-refractivity contribution in [2.24, 2.45) is 0 Å². The van der Waals surface area contributed by atoms with Gasteiger partial charge < -0.3 is 4.90 Å². The summed E-state index contributed by atoms with van der Waals surface area (Å²) in [5.41, 5.74) is 3.54. The van der Waals surface area contributed by atoms with Crippen LogP contribution in [0.4, 0.5) is 5.82 Å². The molecule has 0 fully saturated rings. The van der Waals surface area contributed by atoms with Crippen LogP contribution in [0.2, 0.25) is 0 Å². The number of nitrogens with zero attached hydrogens (tertiary/aromatic N) is 3. The van der Waals surface area contributed by atoms with Gasteiger partial charge in [-0.25, -0.2) is 4.98 Å². The smallest absolute Gasteiger partial charge is 0.128 e. The SMILES string of the molecule is Cc1cc(N(C)C)ncc1-c1ccncc1. The number of pyridine rings is 2. The molecule has 0 amide bonds. The fraction of sp³-hybridized carbons (Fsp3) is 0.231. The van der Waals surface area contributed by atoms with Gasteiger partial charge in [0.25, 0.3) is 0 Å². The van der Waals surface area contributed by atoms with Gasteiger partial charge in [-0.05, 0) is 36.2 Å². The van der Waals surface area contributed by atoms with E-state index in [1.807, 2.05) is 37.3 Å². The molecule has 3 heteroatoms. The van der Waals surface area contributed by atoms with Crippen molar-refractivity contribution in [3.05, 3.63) is 42.4 Å². The van der Waals surface area contributed by atoms with Crippen molar-refractivity contribution in [2.75, 3.05) is 19.0 Å². The molecule has 0 saturated carbocycles. The van der Waals surface area contributed by atoms with Crippen LogP contribution in [0.3, 0.4) is 0 Å². The third-order valence-electron chi connectivity index (χ3n) is 2.55. The van der Waals surface area contributed by atoms with Gasteiger partial charge in [0.2, 0.25) is 0 Å². The van der Waals surface area contributed by atoms with Crippen LogP contribution in [0.25, 0.3) is 11.1 Å². The molecule has 0 saturated heterocycles. The lowest BCUT2D eigenvalue weighted by atomic mass is 10.0. The Balaban J connectivity index is 2.45. The van der Waals surface area contributed by atoms with Crippen molar-refractivity contribution >= 4 is 5.82 Å². The van der Waals surface area contributed by atoms with E-state index in [-0.39, 0.29) is 0 Å². The normalized spacial score (nSPS) is 10.2. The second-order valence-corrected chi connectivity index (χ2v) is 3.99. The first-order valence-electron chi connectivity index (χ1n) is 5.23. The molecule has 0 aliphatic heterocycles. The molecule has 0 aliphatic carbocycles. The van der Waals surface area contributed by atoms with E-state index >= 15 is 0 Å². The molecule has 0 unspecified atom stereocenters. The number of hydrogen-bond donors (Lipinski definition) is 0. The minimum atomic E-state index is 0.982. The van der Waals surface area contributed by atoms with Gasteiger partial charge >= 0.3 is 0 Å². The second kappa shape index (κ2) is 4.31. The third kappa shape index (κ3) is 2.03. The van der Waals surface area contributed by atoms with Gasteiger partial charge in [0.1, 0.15) is 5.82 Å². The lowest BCUT2D eigenvalue weighted by Gasteiger charge is -2.13. The highest BCUT2D eigenvalue weighted by Gasteiger charge is 2.04.